The van der Waals surface area contributed by atoms with Crippen molar-refractivity contribution in [2.24, 2.45) is 0 Å². The van der Waals surface area contributed by atoms with Gasteiger partial charge < -0.3 is 4.74 Å². The summed E-state index contributed by atoms with van der Waals surface area (Å²) in [6, 6.07) is 13.7. The fraction of sp³-hybridized carbons (Fsp3) is 0.200. The van der Waals surface area contributed by atoms with Gasteiger partial charge in [-0.05, 0) is 43.3 Å². The fourth-order valence-corrected chi connectivity index (χ4v) is 1.25. The third-order valence-corrected chi connectivity index (χ3v) is 2.07. The molecule has 0 spiro atoms. The molecule has 0 atom stereocenters. The van der Waals surface area contributed by atoms with Gasteiger partial charge in [-0.1, -0.05) is 31.5 Å². The Bertz CT molecular complexity index is 388. The monoisotopic (exact) mass is 232 g/mol. The summed E-state index contributed by atoms with van der Waals surface area (Å²) < 4.78 is 18.1. The fourth-order valence-electron chi connectivity index (χ4n) is 1.25. The Morgan fingerprint density at radius 2 is 1.18 bits per heavy atom. The number of benzene rings is 2. The zero-order valence-electron chi connectivity index (χ0n) is 10.4. The first-order valence-electron chi connectivity index (χ1n) is 5.74. The van der Waals surface area contributed by atoms with Crippen molar-refractivity contribution in [2.75, 3.05) is 0 Å². The first-order chi connectivity index (χ1) is 8.24. The van der Waals surface area contributed by atoms with Gasteiger partial charge in [0.25, 0.3) is 0 Å². The maximum absolute atomic E-state index is 12.6. The van der Waals surface area contributed by atoms with Crippen LogP contribution in [-0.2, 0) is 0 Å². The van der Waals surface area contributed by atoms with E-state index in [2.05, 4.69) is 0 Å². The van der Waals surface area contributed by atoms with Gasteiger partial charge in [0, 0.05) is 0 Å². The van der Waals surface area contributed by atoms with Crippen LogP contribution in [0.1, 0.15) is 19.4 Å². The number of halogens is 1. The molecule has 0 radical (unpaired) electrons. The van der Waals surface area contributed by atoms with Gasteiger partial charge in [0.15, 0.2) is 0 Å². The highest BCUT2D eigenvalue weighted by atomic mass is 19.1. The molecule has 2 aromatic carbocycles. The molecule has 0 saturated heterocycles. The first kappa shape index (κ1) is 13.2. The van der Waals surface area contributed by atoms with E-state index in [4.69, 9.17) is 4.74 Å². The second-order valence-electron chi connectivity index (χ2n) is 3.37. The molecule has 0 bridgehead atoms. The van der Waals surface area contributed by atoms with Gasteiger partial charge in [-0.25, -0.2) is 4.39 Å². The van der Waals surface area contributed by atoms with E-state index in [1.807, 2.05) is 45.0 Å². The second-order valence-corrected chi connectivity index (χ2v) is 3.37. The molecule has 0 amide bonds. The number of ether oxygens (including phenoxy) is 1. The van der Waals surface area contributed by atoms with Gasteiger partial charge in [-0.15, -0.1) is 0 Å². The average Bonchev–Trinajstić information content (AvgIpc) is 2.37. The summed E-state index contributed by atoms with van der Waals surface area (Å²) in [5.41, 5.74) is 1.18. The highest BCUT2D eigenvalue weighted by Gasteiger charge is 1.96. The van der Waals surface area contributed by atoms with E-state index in [1.165, 1.54) is 17.7 Å². The molecule has 2 aromatic rings. The van der Waals surface area contributed by atoms with Crippen LogP contribution in [0.4, 0.5) is 4.39 Å². The van der Waals surface area contributed by atoms with E-state index in [9.17, 15) is 4.39 Å². The minimum Gasteiger partial charge on any atom is -0.457 e. The summed E-state index contributed by atoms with van der Waals surface area (Å²) in [6.45, 7) is 6.02. The van der Waals surface area contributed by atoms with Crippen LogP contribution in [0.2, 0.25) is 0 Å². The summed E-state index contributed by atoms with van der Waals surface area (Å²) in [5, 5.41) is 0. The van der Waals surface area contributed by atoms with Gasteiger partial charge >= 0.3 is 0 Å². The molecule has 0 heterocycles. The van der Waals surface area contributed by atoms with E-state index in [0.717, 1.165) is 5.75 Å². The van der Waals surface area contributed by atoms with Crippen molar-refractivity contribution >= 4 is 0 Å². The predicted molar refractivity (Wildman–Crippen MR) is 69.0 cm³/mol. The maximum atomic E-state index is 12.6. The molecule has 0 fully saturated rings. The molecule has 0 N–H and O–H groups in total. The highest BCUT2D eigenvalue weighted by molar-refractivity contribution is 5.32. The number of hydrogen-bond acceptors (Lipinski definition) is 1. The molecule has 2 rings (SSSR count). The molecule has 17 heavy (non-hydrogen) atoms. The van der Waals surface area contributed by atoms with Crippen molar-refractivity contribution in [2.45, 2.75) is 20.8 Å². The molecule has 0 saturated carbocycles. The Morgan fingerprint density at radius 1 is 0.765 bits per heavy atom. The molecule has 90 valence electrons. The SMILES string of the molecule is CC.Cc1ccc(Oc2ccc(F)cc2)cc1. The minimum atomic E-state index is -0.258. The molecule has 0 aliphatic heterocycles. The van der Waals surface area contributed by atoms with Crippen LogP contribution in [0.15, 0.2) is 48.5 Å². The third-order valence-electron chi connectivity index (χ3n) is 2.07. The molecular formula is C15H17FO. The van der Waals surface area contributed by atoms with Crippen LogP contribution in [0.3, 0.4) is 0 Å². The van der Waals surface area contributed by atoms with E-state index < -0.39 is 0 Å². The lowest BCUT2D eigenvalue weighted by Gasteiger charge is -2.05. The van der Waals surface area contributed by atoms with E-state index in [-0.39, 0.29) is 5.82 Å². The van der Waals surface area contributed by atoms with Crippen LogP contribution in [0.25, 0.3) is 0 Å². The van der Waals surface area contributed by atoms with Crippen molar-refractivity contribution in [3.05, 3.63) is 59.9 Å². The van der Waals surface area contributed by atoms with Gasteiger partial charge in [0.2, 0.25) is 0 Å². The molecule has 0 aliphatic carbocycles. The number of hydrogen-bond donors (Lipinski definition) is 0. The van der Waals surface area contributed by atoms with Crippen molar-refractivity contribution in [1.29, 1.82) is 0 Å². The van der Waals surface area contributed by atoms with Gasteiger partial charge in [0.1, 0.15) is 17.3 Å². The van der Waals surface area contributed by atoms with Crippen molar-refractivity contribution in [3.8, 4) is 11.5 Å². The summed E-state index contributed by atoms with van der Waals surface area (Å²) in [6.07, 6.45) is 0. The van der Waals surface area contributed by atoms with Crippen LogP contribution in [0.5, 0.6) is 11.5 Å². The zero-order valence-corrected chi connectivity index (χ0v) is 10.4. The van der Waals surface area contributed by atoms with E-state index in [1.54, 1.807) is 12.1 Å². The van der Waals surface area contributed by atoms with Crippen LogP contribution in [0, 0.1) is 12.7 Å². The predicted octanol–water partition coefficient (Wildman–Crippen LogP) is 4.95. The topological polar surface area (TPSA) is 9.23 Å². The highest BCUT2D eigenvalue weighted by Crippen LogP contribution is 2.21. The Morgan fingerprint density at radius 3 is 1.65 bits per heavy atom. The Hall–Kier alpha value is -1.83. The largest absolute Gasteiger partial charge is 0.457 e. The maximum Gasteiger partial charge on any atom is 0.127 e. The molecule has 2 heteroatoms. The van der Waals surface area contributed by atoms with Crippen molar-refractivity contribution in [1.82, 2.24) is 0 Å². The summed E-state index contributed by atoms with van der Waals surface area (Å²) in [4.78, 5) is 0. The second kappa shape index (κ2) is 6.69. The lowest BCUT2D eigenvalue weighted by Crippen LogP contribution is -1.84. The zero-order chi connectivity index (χ0) is 12.7. The van der Waals surface area contributed by atoms with Crippen LogP contribution in [-0.4, -0.2) is 0 Å². The van der Waals surface area contributed by atoms with Gasteiger partial charge in [0.05, 0.1) is 0 Å². The van der Waals surface area contributed by atoms with E-state index in [0.29, 0.717) is 5.75 Å². The number of aryl methyl sites for hydroxylation is 1. The van der Waals surface area contributed by atoms with Gasteiger partial charge in [-0.2, -0.15) is 0 Å². The summed E-state index contributed by atoms with van der Waals surface area (Å²) in [5.74, 6) is 1.14. The smallest absolute Gasteiger partial charge is 0.127 e. The Labute approximate surface area is 102 Å². The molecule has 1 nitrogen and oxygen atoms in total. The Balaban J connectivity index is 0.000000686. The Kier molecular flexibility index (Phi) is 5.21. The first-order valence-corrected chi connectivity index (χ1v) is 5.74. The molecular weight excluding hydrogens is 215 g/mol. The van der Waals surface area contributed by atoms with Crippen molar-refractivity contribution < 1.29 is 9.13 Å². The standard InChI is InChI=1S/C13H11FO.C2H6/c1-10-2-6-12(7-3-10)15-13-8-4-11(14)5-9-13;1-2/h2-9H,1H3;1-2H3. The van der Waals surface area contributed by atoms with Crippen LogP contribution < -0.4 is 4.74 Å². The third kappa shape index (κ3) is 4.27. The van der Waals surface area contributed by atoms with Crippen LogP contribution >= 0.6 is 0 Å². The van der Waals surface area contributed by atoms with Gasteiger partial charge in [-0.3, -0.25) is 0 Å². The summed E-state index contributed by atoms with van der Waals surface area (Å²) >= 11 is 0. The molecule has 0 aliphatic rings. The quantitative estimate of drug-likeness (QED) is 0.711. The number of rotatable bonds is 2. The summed E-state index contributed by atoms with van der Waals surface area (Å²) in [7, 11) is 0. The lowest BCUT2D eigenvalue weighted by molar-refractivity contribution is 0.480. The lowest BCUT2D eigenvalue weighted by atomic mass is 10.2. The minimum absolute atomic E-state index is 0.258. The normalized spacial score (nSPS) is 9.18. The van der Waals surface area contributed by atoms with E-state index >= 15 is 0 Å². The molecule has 0 unspecified atom stereocenters. The van der Waals surface area contributed by atoms with Crippen molar-refractivity contribution in [3.63, 3.8) is 0 Å². The molecule has 0 aromatic heterocycles. The average molecular weight is 232 g/mol.